The molecule has 5 nitrogen and oxygen atoms in total. The Morgan fingerprint density at radius 3 is 3.11 bits per heavy atom. The maximum Gasteiger partial charge on any atom is 0.259 e. The minimum Gasteiger partial charge on any atom is -0.480 e. The molecule has 2 rings (SSSR count). The molecule has 2 heterocycles. The van der Waals surface area contributed by atoms with Crippen molar-refractivity contribution in [3.05, 3.63) is 23.9 Å². The summed E-state index contributed by atoms with van der Waals surface area (Å²) in [6.45, 7) is 3.40. The second-order valence-electron chi connectivity index (χ2n) is 4.98. The Hall–Kier alpha value is -1.62. The Bertz CT molecular complexity index is 450. The highest BCUT2D eigenvalue weighted by Crippen LogP contribution is 2.26. The van der Waals surface area contributed by atoms with Crippen LogP contribution in [-0.4, -0.2) is 42.0 Å². The van der Waals surface area contributed by atoms with Crippen molar-refractivity contribution in [3.63, 3.8) is 0 Å². The molecule has 5 heteroatoms. The van der Waals surface area contributed by atoms with E-state index in [1.807, 2.05) is 4.90 Å². The van der Waals surface area contributed by atoms with Crippen LogP contribution in [0.4, 0.5) is 0 Å². The zero-order valence-corrected chi connectivity index (χ0v) is 11.5. The van der Waals surface area contributed by atoms with Gasteiger partial charge in [-0.05, 0) is 30.9 Å². The van der Waals surface area contributed by atoms with Gasteiger partial charge in [0.05, 0.1) is 7.11 Å². The smallest absolute Gasteiger partial charge is 0.259 e. The molecule has 19 heavy (non-hydrogen) atoms. The highest BCUT2D eigenvalue weighted by molar-refractivity contribution is 5.96. The minimum absolute atomic E-state index is 0.0352. The molecule has 0 spiro atoms. The average Bonchev–Trinajstić information content (AvgIpc) is 2.46. The number of methoxy groups -OCH3 is 1. The molecule has 1 aromatic rings. The van der Waals surface area contributed by atoms with E-state index in [1.165, 1.54) is 7.11 Å². The van der Waals surface area contributed by atoms with Crippen molar-refractivity contribution in [2.24, 2.45) is 11.7 Å². The van der Waals surface area contributed by atoms with Crippen molar-refractivity contribution in [2.45, 2.75) is 25.8 Å². The quantitative estimate of drug-likeness (QED) is 0.892. The number of nitrogens with two attached hydrogens (primary N) is 1. The van der Waals surface area contributed by atoms with Crippen molar-refractivity contribution in [3.8, 4) is 5.88 Å². The number of hydrogen-bond donors (Lipinski definition) is 1. The van der Waals surface area contributed by atoms with Crippen LogP contribution in [0.2, 0.25) is 0 Å². The van der Waals surface area contributed by atoms with E-state index >= 15 is 0 Å². The number of aromatic nitrogens is 1. The summed E-state index contributed by atoms with van der Waals surface area (Å²) in [6.07, 6.45) is 3.76. The van der Waals surface area contributed by atoms with Gasteiger partial charge in [-0.25, -0.2) is 4.98 Å². The van der Waals surface area contributed by atoms with Gasteiger partial charge in [-0.3, -0.25) is 4.79 Å². The summed E-state index contributed by atoms with van der Waals surface area (Å²) in [6, 6.07) is 3.60. The normalized spacial score (nSPS) is 23.2. The van der Waals surface area contributed by atoms with Crippen molar-refractivity contribution in [1.82, 2.24) is 9.88 Å². The number of ether oxygens (including phenoxy) is 1. The van der Waals surface area contributed by atoms with Crippen molar-refractivity contribution < 1.29 is 9.53 Å². The molecule has 0 aliphatic carbocycles. The van der Waals surface area contributed by atoms with E-state index in [2.05, 4.69) is 11.9 Å². The Balaban J connectivity index is 2.27. The summed E-state index contributed by atoms with van der Waals surface area (Å²) < 4.78 is 5.16. The van der Waals surface area contributed by atoms with Gasteiger partial charge in [0, 0.05) is 25.3 Å². The molecule has 1 aliphatic heterocycles. The molecule has 0 saturated carbocycles. The standard InChI is InChI=1S/C14H21N3O2/c1-10-5-4-8-17(12(10)9-15)14(18)11-6-3-7-16-13(11)19-2/h3,6-7,10,12H,4-5,8-9,15H2,1-2H3. The Labute approximate surface area is 113 Å². The topological polar surface area (TPSA) is 68.5 Å². The molecule has 1 aromatic heterocycles. The number of nitrogens with zero attached hydrogens (tertiary/aromatic N) is 2. The van der Waals surface area contributed by atoms with Crippen molar-refractivity contribution in [1.29, 1.82) is 0 Å². The van der Waals surface area contributed by atoms with E-state index in [0.717, 1.165) is 19.4 Å². The van der Waals surface area contributed by atoms with E-state index in [4.69, 9.17) is 10.5 Å². The number of carbonyl (C=O) groups excluding carboxylic acids is 1. The predicted molar refractivity (Wildman–Crippen MR) is 73.1 cm³/mol. The molecule has 2 unspecified atom stereocenters. The van der Waals surface area contributed by atoms with Crippen LogP contribution < -0.4 is 10.5 Å². The molecule has 2 N–H and O–H groups in total. The van der Waals surface area contributed by atoms with Gasteiger partial charge in [0.1, 0.15) is 5.56 Å². The van der Waals surface area contributed by atoms with Crippen LogP contribution in [0, 0.1) is 5.92 Å². The number of hydrogen-bond acceptors (Lipinski definition) is 4. The predicted octanol–water partition coefficient (Wildman–Crippen LogP) is 1.29. The summed E-state index contributed by atoms with van der Waals surface area (Å²) in [5.41, 5.74) is 6.34. The lowest BCUT2D eigenvalue weighted by Gasteiger charge is -2.39. The second-order valence-corrected chi connectivity index (χ2v) is 4.98. The molecule has 0 radical (unpaired) electrons. The van der Waals surface area contributed by atoms with Gasteiger partial charge in [-0.2, -0.15) is 0 Å². The Kier molecular flexibility index (Phi) is 4.37. The molecule has 1 fully saturated rings. The number of likely N-dealkylation sites (tertiary alicyclic amines) is 1. The Morgan fingerprint density at radius 2 is 2.42 bits per heavy atom. The first-order valence-electron chi connectivity index (χ1n) is 6.69. The Morgan fingerprint density at radius 1 is 1.63 bits per heavy atom. The molecule has 1 amide bonds. The van der Waals surface area contributed by atoms with Gasteiger partial charge in [0.15, 0.2) is 0 Å². The second kappa shape index (κ2) is 6.02. The van der Waals surface area contributed by atoms with Gasteiger partial charge < -0.3 is 15.4 Å². The molecule has 1 aliphatic rings. The van der Waals surface area contributed by atoms with Crippen LogP contribution in [0.25, 0.3) is 0 Å². The van der Waals surface area contributed by atoms with E-state index in [-0.39, 0.29) is 11.9 Å². The first kappa shape index (κ1) is 13.8. The van der Waals surface area contributed by atoms with E-state index in [9.17, 15) is 4.79 Å². The monoisotopic (exact) mass is 263 g/mol. The third kappa shape index (κ3) is 2.71. The van der Waals surface area contributed by atoms with Crippen molar-refractivity contribution >= 4 is 5.91 Å². The highest BCUT2D eigenvalue weighted by Gasteiger charge is 2.32. The zero-order valence-electron chi connectivity index (χ0n) is 11.5. The highest BCUT2D eigenvalue weighted by atomic mass is 16.5. The van der Waals surface area contributed by atoms with Gasteiger partial charge in [0.2, 0.25) is 5.88 Å². The number of carbonyl (C=O) groups is 1. The van der Waals surface area contributed by atoms with Gasteiger partial charge in [-0.1, -0.05) is 6.92 Å². The number of rotatable bonds is 3. The summed E-state index contributed by atoms with van der Waals surface area (Å²) in [4.78, 5) is 18.6. The van der Waals surface area contributed by atoms with Crippen LogP contribution >= 0.6 is 0 Å². The molecule has 1 saturated heterocycles. The van der Waals surface area contributed by atoms with Gasteiger partial charge >= 0.3 is 0 Å². The molecular weight excluding hydrogens is 242 g/mol. The third-order valence-corrected chi connectivity index (χ3v) is 3.81. The number of amides is 1. The summed E-state index contributed by atoms with van der Waals surface area (Å²) in [5, 5.41) is 0. The lowest BCUT2D eigenvalue weighted by atomic mass is 9.90. The first-order valence-corrected chi connectivity index (χ1v) is 6.69. The van der Waals surface area contributed by atoms with E-state index in [0.29, 0.717) is 23.9 Å². The fraction of sp³-hybridized carbons (Fsp3) is 0.571. The fourth-order valence-corrected chi connectivity index (χ4v) is 2.73. The SMILES string of the molecule is COc1ncccc1C(=O)N1CCCC(C)C1CN. The molecular formula is C14H21N3O2. The van der Waals surface area contributed by atoms with E-state index in [1.54, 1.807) is 18.3 Å². The fourth-order valence-electron chi connectivity index (χ4n) is 2.73. The maximum atomic E-state index is 12.6. The van der Waals surface area contributed by atoms with Gasteiger partial charge in [0.25, 0.3) is 5.91 Å². The van der Waals surface area contributed by atoms with Crippen LogP contribution in [0.5, 0.6) is 5.88 Å². The van der Waals surface area contributed by atoms with Crippen LogP contribution in [0.15, 0.2) is 18.3 Å². The largest absolute Gasteiger partial charge is 0.480 e. The average molecular weight is 263 g/mol. The van der Waals surface area contributed by atoms with Gasteiger partial charge in [-0.15, -0.1) is 0 Å². The number of piperidine rings is 1. The van der Waals surface area contributed by atoms with Crippen LogP contribution in [0.1, 0.15) is 30.1 Å². The lowest BCUT2D eigenvalue weighted by Crippen LogP contribution is -2.51. The molecule has 104 valence electrons. The zero-order chi connectivity index (χ0) is 13.8. The molecule has 0 aromatic carbocycles. The van der Waals surface area contributed by atoms with Crippen LogP contribution in [0.3, 0.4) is 0 Å². The third-order valence-electron chi connectivity index (χ3n) is 3.81. The van der Waals surface area contributed by atoms with Crippen LogP contribution in [-0.2, 0) is 0 Å². The summed E-state index contributed by atoms with van der Waals surface area (Å²) in [7, 11) is 1.53. The number of pyridine rings is 1. The maximum absolute atomic E-state index is 12.6. The van der Waals surface area contributed by atoms with Crippen molar-refractivity contribution in [2.75, 3.05) is 20.2 Å². The van der Waals surface area contributed by atoms with E-state index < -0.39 is 0 Å². The molecule has 2 atom stereocenters. The minimum atomic E-state index is -0.0352. The summed E-state index contributed by atoms with van der Waals surface area (Å²) in [5.74, 6) is 0.777. The summed E-state index contributed by atoms with van der Waals surface area (Å²) >= 11 is 0. The first-order chi connectivity index (χ1) is 9.19. The lowest BCUT2D eigenvalue weighted by molar-refractivity contribution is 0.0528. The molecule has 0 bridgehead atoms.